The molecule has 1 rings (SSSR count). The van der Waals surface area contributed by atoms with E-state index in [0.29, 0.717) is 12.8 Å². The van der Waals surface area contributed by atoms with E-state index in [2.05, 4.69) is 10.6 Å². The van der Waals surface area contributed by atoms with Gasteiger partial charge >= 0.3 is 6.09 Å². The number of benzene rings is 1. The molecule has 0 aromatic heterocycles. The molecular formula is C21H34N2O5. The third-order valence-corrected chi connectivity index (χ3v) is 4.93. The van der Waals surface area contributed by atoms with E-state index in [-0.39, 0.29) is 11.9 Å². The second kappa shape index (κ2) is 10.8. The Morgan fingerprint density at radius 1 is 0.929 bits per heavy atom. The molecule has 0 saturated heterocycles. The zero-order chi connectivity index (χ0) is 21.4. The van der Waals surface area contributed by atoms with Crippen LogP contribution in [-0.2, 0) is 11.2 Å². The van der Waals surface area contributed by atoms with E-state index < -0.39 is 12.1 Å². The van der Waals surface area contributed by atoms with Gasteiger partial charge in [-0.3, -0.25) is 4.79 Å². The van der Waals surface area contributed by atoms with Gasteiger partial charge in [0.1, 0.15) is 17.5 Å². The van der Waals surface area contributed by atoms with Crippen LogP contribution in [0.25, 0.3) is 0 Å². The smallest absolute Gasteiger partial charge is 0.405 e. The number of carbonyl (C=O) groups is 2. The highest BCUT2D eigenvalue weighted by Gasteiger charge is 2.22. The Balaban J connectivity index is 2.85. The van der Waals surface area contributed by atoms with Crippen LogP contribution in [0.15, 0.2) is 0 Å². The van der Waals surface area contributed by atoms with Crippen LogP contribution >= 0.6 is 0 Å². The van der Waals surface area contributed by atoms with E-state index in [1.54, 1.807) is 14.2 Å². The van der Waals surface area contributed by atoms with Crippen molar-refractivity contribution in [2.24, 2.45) is 0 Å². The first-order valence-corrected chi connectivity index (χ1v) is 9.64. The van der Waals surface area contributed by atoms with Crippen LogP contribution in [0.1, 0.15) is 55.4 Å². The highest BCUT2D eigenvalue weighted by atomic mass is 16.5. The molecule has 7 heteroatoms. The summed E-state index contributed by atoms with van der Waals surface area (Å²) in [7, 11) is 3.33. The molecule has 0 aliphatic heterocycles. The monoisotopic (exact) mass is 394 g/mol. The van der Waals surface area contributed by atoms with Gasteiger partial charge in [0.15, 0.2) is 0 Å². The Kier molecular flexibility index (Phi) is 9.09. The predicted molar refractivity (Wildman–Crippen MR) is 110 cm³/mol. The van der Waals surface area contributed by atoms with Crippen molar-refractivity contribution in [1.29, 1.82) is 0 Å². The number of rotatable bonds is 10. The number of ether oxygens (including phenoxy) is 2. The molecule has 1 aromatic rings. The number of carbonyl (C=O) groups excluding carboxylic acids is 1. The first-order valence-electron chi connectivity index (χ1n) is 9.64. The summed E-state index contributed by atoms with van der Waals surface area (Å²) in [6, 6.07) is -0.794. The van der Waals surface area contributed by atoms with Crippen molar-refractivity contribution in [3.05, 3.63) is 22.3 Å². The van der Waals surface area contributed by atoms with Crippen molar-refractivity contribution in [2.75, 3.05) is 14.2 Å². The molecule has 3 N–H and O–H groups in total. The maximum absolute atomic E-state index is 12.2. The summed E-state index contributed by atoms with van der Waals surface area (Å²) >= 11 is 0. The molecule has 7 nitrogen and oxygen atoms in total. The van der Waals surface area contributed by atoms with Gasteiger partial charge in [-0.1, -0.05) is 6.42 Å². The second-order valence-corrected chi connectivity index (χ2v) is 7.33. The van der Waals surface area contributed by atoms with E-state index in [4.69, 9.17) is 14.6 Å². The number of amides is 2. The van der Waals surface area contributed by atoms with Gasteiger partial charge in [-0.05, 0) is 70.6 Å². The molecular weight excluding hydrogens is 360 g/mol. The van der Waals surface area contributed by atoms with E-state index >= 15 is 0 Å². The lowest BCUT2D eigenvalue weighted by Crippen LogP contribution is -2.48. The number of methoxy groups -OCH3 is 2. The summed E-state index contributed by atoms with van der Waals surface area (Å²) in [5.41, 5.74) is 4.27. The fraction of sp³-hybridized carbons (Fsp3) is 0.619. The highest BCUT2D eigenvalue weighted by Crippen LogP contribution is 2.38. The fourth-order valence-electron chi connectivity index (χ4n) is 3.49. The van der Waals surface area contributed by atoms with Crippen LogP contribution in [0.2, 0.25) is 0 Å². The third-order valence-electron chi connectivity index (χ3n) is 4.93. The lowest BCUT2D eigenvalue weighted by atomic mass is 9.93. The van der Waals surface area contributed by atoms with Gasteiger partial charge in [-0.25, -0.2) is 4.79 Å². The molecule has 0 spiro atoms. The van der Waals surface area contributed by atoms with E-state index in [1.807, 2.05) is 34.6 Å². The molecule has 2 amide bonds. The largest absolute Gasteiger partial charge is 0.496 e. The topological polar surface area (TPSA) is 96.9 Å². The van der Waals surface area contributed by atoms with Crippen LogP contribution in [0, 0.1) is 20.8 Å². The van der Waals surface area contributed by atoms with E-state index in [0.717, 1.165) is 46.6 Å². The molecule has 0 saturated carbocycles. The summed E-state index contributed by atoms with van der Waals surface area (Å²) in [5.74, 6) is 1.45. The van der Waals surface area contributed by atoms with Gasteiger partial charge in [-0.15, -0.1) is 0 Å². The van der Waals surface area contributed by atoms with Crippen LogP contribution in [0.4, 0.5) is 4.79 Å². The van der Waals surface area contributed by atoms with Crippen molar-refractivity contribution >= 4 is 12.0 Å². The maximum atomic E-state index is 12.2. The molecule has 0 radical (unpaired) electrons. The van der Waals surface area contributed by atoms with Gasteiger partial charge in [0.05, 0.1) is 14.2 Å². The Morgan fingerprint density at radius 3 is 2.00 bits per heavy atom. The lowest BCUT2D eigenvalue weighted by molar-refractivity contribution is -0.123. The third kappa shape index (κ3) is 6.04. The summed E-state index contributed by atoms with van der Waals surface area (Å²) in [5, 5.41) is 14.1. The van der Waals surface area contributed by atoms with E-state index in [1.165, 1.54) is 0 Å². The van der Waals surface area contributed by atoms with Gasteiger partial charge in [0.25, 0.3) is 0 Å². The lowest BCUT2D eigenvalue weighted by Gasteiger charge is -2.21. The Bertz CT molecular complexity index is 701. The van der Waals surface area contributed by atoms with Crippen molar-refractivity contribution in [3.8, 4) is 11.5 Å². The molecule has 158 valence electrons. The second-order valence-electron chi connectivity index (χ2n) is 7.33. The Labute approximate surface area is 167 Å². The molecule has 0 heterocycles. The SMILES string of the molecule is COc1c(C)c(C)c(OC)c(CCCCC(NC(=O)O)C(=O)NC(C)C)c1C. The summed E-state index contributed by atoms with van der Waals surface area (Å²) in [4.78, 5) is 23.2. The number of unbranched alkanes of at least 4 members (excludes halogenated alkanes) is 1. The van der Waals surface area contributed by atoms with E-state index in [9.17, 15) is 9.59 Å². The standard InChI is InChI=1S/C21H34N2O5/c1-12(2)22-20(24)17(23-21(25)26)11-9-8-10-16-15(5)18(27-6)13(3)14(4)19(16)28-7/h12,17,23H,8-11H2,1-7H3,(H,22,24)(H,25,26). The highest BCUT2D eigenvalue weighted by molar-refractivity contribution is 5.85. The molecule has 0 bridgehead atoms. The fourth-order valence-corrected chi connectivity index (χ4v) is 3.49. The van der Waals surface area contributed by atoms with Gasteiger partial charge < -0.3 is 25.2 Å². The molecule has 28 heavy (non-hydrogen) atoms. The van der Waals surface area contributed by atoms with Crippen LogP contribution in [-0.4, -0.2) is 43.4 Å². The van der Waals surface area contributed by atoms with Crippen LogP contribution in [0.5, 0.6) is 11.5 Å². The average molecular weight is 395 g/mol. The molecule has 1 unspecified atom stereocenters. The molecule has 0 aliphatic carbocycles. The Morgan fingerprint density at radius 2 is 1.50 bits per heavy atom. The average Bonchev–Trinajstić information content (AvgIpc) is 2.61. The molecule has 1 aromatic carbocycles. The predicted octanol–water partition coefficient (Wildman–Crippen LogP) is 3.50. The van der Waals surface area contributed by atoms with Crippen molar-refractivity contribution in [2.45, 2.75) is 72.4 Å². The minimum Gasteiger partial charge on any atom is -0.496 e. The van der Waals surface area contributed by atoms with Gasteiger partial charge in [-0.2, -0.15) is 0 Å². The zero-order valence-corrected chi connectivity index (χ0v) is 18.1. The van der Waals surface area contributed by atoms with Crippen molar-refractivity contribution < 1.29 is 24.2 Å². The molecule has 1 atom stereocenters. The Hall–Kier alpha value is -2.44. The summed E-state index contributed by atoms with van der Waals surface area (Å²) < 4.78 is 11.2. The first kappa shape index (κ1) is 23.6. The summed E-state index contributed by atoms with van der Waals surface area (Å²) in [6.07, 6.45) is 1.51. The number of hydrogen-bond acceptors (Lipinski definition) is 4. The van der Waals surface area contributed by atoms with Crippen molar-refractivity contribution in [3.63, 3.8) is 0 Å². The quantitative estimate of drug-likeness (QED) is 0.528. The van der Waals surface area contributed by atoms with Gasteiger partial charge in [0, 0.05) is 11.6 Å². The zero-order valence-electron chi connectivity index (χ0n) is 18.1. The first-order chi connectivity index (χ1) is 13.1. The molecule has 0 aliphatic rings. The van der Waals surface area contributed by atoms with Gasteiger partial charge in [0.2, 0.25) is 5.91 Å². The van der Waals surface area contributed by atoms with Crippen LogP contribution in [0.3, 0.4) is 0 Å². The minimum atomic E-state index is -1.19. The molecule has 0 fully saturated rings. The van der Waals surface area contributed by atoms with Crippen LogP contribution < -0.4 is 20.1 Å². The normalized spacial score (nSPS) is 11.9. The van der Waals surface area contributed by atoms with Crippen molar-refractivity contribution in [1.82, 2.24) is 10.6 Å². The number of nitrogens with one attached hydrogen (secondary N) is 2. The number of hydrogen-bond donors (Lipinski definition) is 3. The number of carboxylic acid groups (broad SMARTS) is 1. The summed E-state index contributed by atoms with van der Waals surface area (Å²) in [6.45, 7) is 9.75. The minimum absolute atomic E-state index is 0.0412. The maximum Gasteiger partial charge on any atom is 0.405 e.